The zero-order chi connectivity index (χ0) is 18.0. The lowest BCUT2D eigenvalue weighted by Crippen LogP contribution is -2.23. The minimum Gasteiger partial charge on any atom is -0.347 e. The summed E-state index contributed by atoms with van der Waals surface area (Å²) < 4.78 is 22.6. The van der Waals surface area contributed by atoms with Crippen molar-refractivity contribution in [2.75, 3.05) is 6.26 Å². The molecule has 7 heteroatoms. The standard InChI is InChI=1S/C18H19N3O3S/c1-12-3-8-16-15(9-12)17(21-20-16)18(22)19-10-13-4-6-14(7-5-13)11-25(2,23)24/h3-9H,10-11H2,1-2H3,(H,19,22)(H,20,21). The molecule has 3 rings (SSSR count). The third-order valence-corrected chi connectivity index (χ3v) is 4.70. The second kappa shape index (κ2) is 6.68. The van der Waals surface area contributed by atoms with Crippen LogP contribution < -0.4 is 5.32 Å². The summed E-state index contributed by atoms with van der Waals surface area (Å²) in [5.74, 6) is -0.241. The van der Waals surface area contributed by atoms with Crippen LogP contribution in [0.25, 0.3) is 10.9 Å². The molecule has 25 heavy (non-hydrogen) atoms. The number of nitrogens with one attached hydrogen (secondary N) is 2. The lowest BCUT2D eigenvalue weighted by molar-refractivity contribution is 0.0947. The number of nitrogens with zero attached hydrogens (tertiary/aromatic N) is 1. The SMILES string of the molecule is Cc1ccc2[nH]nc(C(=O)NCc3ccc(CS(C)(=O)=O)cc3)c2c1. The molecule has 0 aliphatic rings. The van der Waals surface area contributed by atoms with Gasteiger partial charge in [-0.2, -0.15) is 5.10 Å². The number of sulfone groups is 1. The van der Waals surface area contributed by atoms with Crippen molar-refractivity contribution in [2.24, 2.45) is 0 Å². The number of amides is 1. The maximum atomic E-state index is 12.4. The first-order valence-electron chi connectivity index (χ1n) is 7.80. The van der Waals surface area contributed by atoms with Crippen LogP contribution in [0.1, 0.15) is 27.2 Å². The number of hydrogen-bond donors (Lipinski definition) is 2. The van der Waals surface area contributed by atoms with Crippen LogP contribution in [0.15, 0.2) is 42.5 Å². The largest absolute Gasteiger partial charge is 0.347 e. The molecule has 0 saturated carbocycles. The summed E-state index contributed by atoms with van der Waals surface area (Å²) in [6.45, 7) is 2.31. The van der Waals surface area contributed by atoms with Gasteiger partial charge in [-0.3, -0.25) is 9.89 Å². The van der Waals surface area contributed by atoms with Crippen molar-refractivity contribution in [3.05, 3.63) is 64.8 Å². The maximum Gasteiger partial charge on any atom is 0.272 e. The number of aromatic amines is 1. The Morgan fingerprint density at radius 2 is 1.80 bits per heavy atom. The number of carbonyl (C=O) groups excluding carboxylic acids is 1. The minimum atomic E-state index is -3.05. The monoisotopic (exact) mass is 357 g/mol. The lowest BCUT2D eigenvalue weighted by atomic mass is 10.1. The molecule has 130 valence electrons. The Morgan fingerprint density at radius 1 is 1.12 bits per heavy atom. The van der Waals surface area contributed by atoms with Gasteiger partial charge in [-0.15, -0.1) is 0 Å². The summed E-state index contributed by atoms with van der Waals surface area (Å²) in [6, 6.07) is 12.9. The number of hydrogen-bond acceptors (Lipinski definition) is 4. The third-order valence-electron chi connectivity index (χ3n) is 3.84. The molecular weight excluding hydrogens is 338 g/mol. The van der Waals surface area contributed by atoms with Crippen LogP contribution >= 0.6 is 0 Å². The molecular formula is C18H19N3O3S. The number of aryl methyl sites for hydroxylation is 1. The van der Waals surface area contributed by atoms with Crippen molar-refractivity contribution in [1.82, 2.24) is 15.5 Å². The van der Waals surface area contributed by atoms with Crippen LogP contribution in [0, 0.1) is 6.92 Å². The molecule has 0 atom stereocenters. The van der Waals surface area contributed by atoms with Gasteiger partial charge in [0.05, 0.1) is 11.3 Å². The first-order chi connectivity index (χ1) is 11.8. The highest BCUT2D eigenvalue weighted by molar-refractivity contribution is 7.89. The lowest BCUT2D eigenvalue weighted by Gasteiger charge is -2.06. The van der Waals surface area contributed by atoms with E-state index in [4.69, 9.17) is 0 Å². The number of H-pyrrole nitrogens is 1. The molecule has 0 unspecified atom stereocenters. The highest BCUT2D eigenvalue weighted by Gasteiger charge is 2.14. The second-order valence-corrected chi connectivity index (χ2v) is 8.33. The molecule has 0 spiro atoms. The van der Waals surface area contributed by atoms with E-state index >= 15 is 0 Å². The van der Waals surface area contributed by atoms with Crippen molar-refractivity contribution < 1.29 is 13.2 Å². The number of rotatable bonds is 5. The molecule has 1 aromatic heterocycles. The first-order valence-corrected chi connectivity index (χ1v) is 9.86. The van der Waals surface area contributed by atoms with Crippen molar-refractivity contribution >= 4 is 26.6 Å². The summed E-state index contributed by atoms with van der Waals surface area (Å²) in [5.41, 5.74) is 3.87. The minimum absolute atomic E-state index is 0.0122. The molecule has 0 fully saturated rings. The first kappa shape index (κ1) is 17.2. The quantitative estimate of drug-likeness (QED) is 0.733. The Labute approximate surface area is 146 Å². The Morgan fingerprint density at radius 3 is 2.48 bits per heavy atom. The fourth-order valence-electron chi connectivity index (χ4n) is 2.62. The Kier molecular flexibility index (Phi) is 4.59. The van der Waals surface area contributed by atoms with Gasteiger partial charge in [0, 0.05) is 18.2 Å². The highest BCUT2D eigenvalue weighted by atomic mass is 32.2. The topological polar surface area (TPSA) is 91.9 Å². The molecule has 6 nitrogen and oxygen atoms in total. The van der Waals surface area contributed by atoms with Crippen molar-refractivity contribution in [3.8, 4) is 0 Å². The Hall–Kier alpha value is -2.67. The number of carbonyl (C=O) groups is 1. The summed E-state index contributed by atoms with van der Waals surface area (Å²) in [6.07, 6.45) is 1.21. The normalized spacial score (nSPS) is 11.6. The molecule has 0 aliphatic heterocycles. The summed E-state index contributed by atoms with van der Waals surface area (Å²) in [5, 5.41) is 10.6. The van der Waals surface area contributed by atoms with Crippen LogP contribution in [-0.4, -0.2) is 30.8 Å². The van der Waals surface area contributed by atoms with E-state index in [1.807, 2.05) is 37.3 Å². The van der Waals surface area contributed by atoms with E-state index in [9.17, 15) is 13.2 Å². The third kappa shape index (κ3) is 4.24. The van der Waals surface area contributed by atoms with E-state index < -0.39 is 9.84 Å². The maximum absolute atomic E-state index is 12.4. The van der Waals surface area contributed by atoms with Gasteiger partial charge >= 0.3 is 0 Å². The molecule has 3 aromatic rings. The number of benzene rings is 2. The molecule has 2 N–H and O–H groups in total. The molecule has 0 radical (unpaired) electrons. The van der Waals surface area contributed by atoms with Gasteiger partial charge in [0.1, 0.15) is 0 Å². The van der Waals surface area contributed by atoms with Crippen LogP contribution in [0.2, 0.25) is 0 Å². The van der Waals surface area contributed by atoms with Crippen molar-refractivity contribution in [1.29, 1.82) is 0 Å². The second-order valence-electron chi connectivity index (χ2n) is 6.19. The zero-order valence-electron chi connectivity index (χ0n) is 14.0. The molecule has 2 aromatic carbocycles. The molecule has 1 amide bonds. The van der Waals surface area contributed by atoms with Gasteiger partial charge in [-0.05, 0) is 30.2 Å². The predicted octanol–water partition coefficient (Wildman–Crippen LogP) is 2.35. The average molecular weight is 357 g/mol. The van der Waals surface area contributed by atoms with E-state index in [2.05, 4.69) is 15.5 Å². The fraction of sp³-hybridized carbons (Fsp3) is 0.222. The Bertz CT molecular complexity index is 1020. The summed E-state index contributed by atoms with van der Waals surface area (Å²) in [7, 11) is -3.05. The van der Waals surface area contributed by atoms with E-state index in [0.717, 1.165) is 27.6 Å². The molecule has 0 bridgehead atoms. The van der Waals surface area contributed by atoms with E-state index in [1.54, 1.807) is 12.1 Å². The average Bonchev–Trinajstić information content (AvgIpc) is 2.95. The fourth-order valence-corrected chi connectivity index (χ4v) is 3.42. The number of aromatic nitrogens is 2. The van der Waals surface area contributed by atoms with E-state index in [0.29, 0.717) is 12.2 Å². The summed E-state index contributed by atoms with van der Waals surface area (Å²) in [4.78, 5) is 12.4. The smallest absolute Gasteiger partial charge is 0.272 e. The van der Waals surface area contributed by atoms with Crippen molar-refractivity contribution in [2.45, 2.75) is 19.2 Å². The van der Waals surface area contributed by atoms with E-state index in [1.165, 1.54) is 6.26 Å². The highest BCUT2D eigenvalue weighted by Crippen LogP contribution is 2.17. The Balaban J connectivity index is 1.68. The number of fused-ring (bicyclic) bond motifs is 1. The predicted molar refractivity (Wildman–Crippen MR) is 97.0 cm³/mol. The van der Waals surface area contributed by atoms with Crippen LogP contribution in [0.4, 0.5) is 0 Å². The van der Waals surface area contributed by atoms with E-state index in [-0.39, 0.29) is 11.7 Å². The summed E-state index contributed by atoms with van der Waals surface area (Å²) >= 11 is 0. The molecule has 0 saturated heterocycles. The van der Waals surface area contributed by atoms with Gasteiger partial charge in [-0.1, -0.05) is 35.9 Å². The van der Waals surface area contributed by atoms with Crippen LogP contribution in [0.5, 0.6) is 0 Å². The van der Waals surface area contributed by atoms with Crippen LogP contribution in [0.3, 0.4) is 0 Å². The van der Waals surface area contributed by atoms with Crippen molar-refractivity contribution in [3.63, 3.8) is 0 Å². The van der Waals surface area contributed by atoms with Gasteiger partial charge in [0.15, 0.2) is 15.5 Å². The van der Waals surface area contributed by atoms with Gasteiger partial charge in [0.25, 0.3) is 5.91 Å². The molecule has 0 aliphatic carbocycles. The van der Waals surface area contributed by atoms with Gasteiger partial charge in [-0.25, -0.2) is 8.42 Å². The van der Waals surface area contributed by atoms with Crippen LogP contribution in [-0.2, 0) is 22.1 Å². The zero-order valence-corrected chi connectivity index (χ0v) is 14.9. The van der Waals surface area contributed by atoms with Gasteiger partial charge in [0.2, 0.25) is 0 Å². The molecule has 1 heterocycles. The van der Waals surface area contributed by atoms with Gasteiger partial charge < -0.3 is 5.32 Å².